The average Bonchev–Trinajstić information content (AvgIpc) is 3.31. The molecule has 3 unspecified atom stereocenters. The van der Waals surface area contributed by atoms with E-state index in [1.54, 1.807) is 0 Å². The summed E-state index contributed by atoms with van der Waals surface area (Å²) in [6.07, 6.45) is 6.29. The van der Waals surface area contributed by atoms with Crippen LogP contribution in [-0.2, 0) is 9.53 Å². The first kappa shape index (κ1) is 21.8. The molecule has 3 atom stereocenters. The van der Waals surface area contributed by atoms with Crippen molar-refractivity contribution in [1.82, 2.24) is 4.90 Å². The van der Waals surface area contributed by atoms with Crippen LogP contribution in [0.2, 0.25) is 0 Å². The number of rotatable bonds is 11. The molecule has 6 heteroatoms. The first-order valence-electron chi connectivity index (χ1n) is 11.0. The van der Waals surface area contributed by atoms with Crippen molar-refractivity contribution >= 4 is 17.7 Å². The third-order valence-corrected chi connectivity index (χ3v) is 5.96. The second kappa shape index (κ2) is 10.7. The molecule has 0 radical (unpaired) electrons. The van der Waals surface area contributed by atoms with Crippen molar-refractivity contribution in [3.8, 4) is 5.75 Å². The zero-order valence-electron chi connectivity index (χ0n) is 17.8. The van der Waals surface area contributed by atoms with Crippen molar-refractivity contribution in [3.05, 3.63) is 24.3 Å². The van der Waals surface area contributed by atoms with E-state index in [9.17, 15) is 4.79 Å². The number of nitrogens with one attached hydrogen (secondary N) is 1. The van der Waals surface area contributed by atoms with E-state index in [-0.39, 0.29) is 6.04 Å². The van der Waals surface area contributed by atoms with Crippen molar-refractivity contribution < 1.29 is 14.3 Å². The molecule has 2 heterocycles. The fourth-order valence-corrected chi connectivity index (χ4v) is 4.38. The molecule has 0 aromatic heterocycles. The molecular weight excluding hydrogens is 366 g/mol. The van der Waals surface area contributed by atoms with Crippen LogP contribution in [0.15, 0.2) is 24.3 Å². The van der Waals surface area contributed by atoms with E-state index in [1.807, 2.05) is 29.2 Å². The minimum absolute atomic E-state index is 0.0264. The number of nitrogens with zero attached hydrogens (tertiary/aromatic N) is 2. The Balaban J connectivity index is 1.52. The summed E-state index contributed by atoms with van der Waals surface area (Å²) in [5.74, 6) is 0.848. The van der Waals surface area contributed by atoms with Gasteiger partial charge >= 0.3 is 0 Å². The summed E-state index contributed by atoms with van der Waals surface area (Å²) in [6, 6.07) is 8.62. The third kappa shape index (κ3) is 5.80. The van der Waals surface area contributed by atoms with Crippen LogP contribution >= 0.6 is 0 Å². The van der Waals surface area contributed by atoms with Gasteiger partial charge in [0.2, 0.25) is 0 Å². The molecule has 29 heavy (non-hydrogen) atoms. The highest BCUT2D eigenvalue weighted by atomic mass is 16.5. The van der Waals surface area contributed by atoms with Gasteiger partial charge in [0.15, 0.2) is 12.5 Å². The SMILES string of the molecule is CCCC(=N)CC1COC(C=O)N1c1ccc(OCCCN2CCCC2C)cc1. The number of hydrogen-bond acceptors (Lipinski definition) is 6. The van der Waals surface area contributed by atoms with E-state index < -0.39 is 6.23 Å². The first-order chi connectivity index (χ1) is 14.1. The number of anilines is 1. The van der Waals surface area contributed by atoms with Gasteiger partial charge in [-0.3, -0.25) is 4.79 Å². The topological polar surface area (TPSA) is 65.9 Å². The zero-order chi connectivity index (χ0) is 20.6. The monoisotopic (exact) mass is 401 g/mol. The number of ether oxygens (including phenoxy) is 2. The molecular formula is C23H35N3O3. The number of hydrogen-bond donors (Lipinski definition) is 1. The second-order valence-electron chi connectivity index (χ2n) is 8.20. The molecule has 0 aliphatic carbocycles. The van der Waals surface area contributed by atoms with E-state index >= 15 is 0 Å². The maximum Gasteiger partial charge on any atom is 0.187 e. The summed E-state index contributed by atoms with van der Waals surface area (Å²) in [5.41, 5.74) is 1.65. The van der Waals surface area contributed by atoms with Gasteiger partial charge in [-0.2, -0.15) is 0 Å². The van der Waals surface area contributed by atoms with E-state index in [0.29, 0.717) is 31.4 Å². The van der Waals surface area contributed by atoms with Crippen LogP contribution in [0, 0.1) is 5.41 Å². The van der Waals surface area contributed by atoms with Crippen molar-refractivity contribution in [2.45, 2.75) is 70.7 Å². The van der Waals surface area contributed by atoms with Crippen LogP contribution in [0.4, 0.5) is 5.69 Å². The van der Waals surface area contributed by atoms with E-state index in [4.69, 9.17) is 14.9 Å². The van der Waals surface area contributed by atoms with Gasteiger partial charge in [-0.1, -0.05) is 13.3 Å². The zero-order valence-corrected chi connectivity index (χ0v) is 17.8. The molecule has 6 nitrogen and oxygen atoms in total. The van der Waals surface area contributed by atoms with Crippen LogP contribution < -0.4 is 9.64 Å². The van der Waals surface area contributed by atoms with Crippen molar-refractivity contribution in [2.24, 2.45) is 0 Å². The molecule has 0 amide bonds. The van der Waals surface area contributed by atoms with E-state index in [1.165, 1.54) is 19.4 Å². The summed E-state index contributed by atoms with van der Waals surface area (Å²) >= 11 is 0. The summed E-state index contributed by atoms with van der Waals surface area (Å²) in [4.78, 5) is 16.0. The van der Waals surface area contributed by atoms with Crippen LogP contribution in [0.3, 0.4) is 0 Å². The Morgan fingerprint density at radius 3 is 2.79 bits per heavy atom. The largest absolute Gasteiger partial charge is 0.494 e. The van der Waals surface area contributed by atoms with E-state index in [0.717, 1.165) is 43.5 Å². The second-order valence-corrected chi connectivity index (χ2v) is 8.20. The lowest BCUT2D eigenvalue weighted by Crippen LogP contribution is -2.39. The number of likely N-dealkylation sites (tertiary alicyclic amines) is 1. The summed E-state index contributed by atoms with van der Waals surface area (Å²) in [5, 5.41) is 8.14. The highest BCUT2D eigenvalue weighted by molar-refractivity contribution is 5.82. The Kier molecular flexibility index (Phi) is 8.07. The molecule has 1 aromatic carbocycles. The first-order valence-corrected chi connectivity index (χ1v) is 11.0. The summed E-state index contributed by atoms with van der Waals surface area (Å²) in [6.45, 7) is 7.87. The number of aldehydes is 1. The lowest BCUT2D eigenvalue weighted by molar-refractivity contribution is -0.115. The van der Waals surface area contributed by atoms with E-state index in [2.05, 4.69) is 18.7 Å². The van der Waals surface area contributed by atoms with Crippen molar-refractivity contribution in [1.29, 1.82) is 5.41 Å². The fourth-order valence-electron chi connectivity index (χ4n) is 4.38. The van der Waals surface area contributed by atoms with Crippen LogP contribution in [0.5, 0.6) is 5.75 Å². The van der Waals surface area contributed by atoms with Crippen LogP contribution in [-0.4, -0.2) is 61.5 Å². The van der Waals surface area contributed by atoms with Gasteiger partial charge in [-0.25, -0.2) is 0 Å². The van der Waals surface area contributed by atoms with Crippen molar-refractivity contribution in [3.63, 3.8) is 0 Å². The molecule has 0 bridgehead atoms. The number of carbonyl (C=O) groups excluding carboxylic acids is 1. The third-order valence-electron chi connectivity index (χ3n) is 5.96. The smallest absolute Gasteiger partial charge is 0.187 e. The molecule has 160 valence electrons. The molecule has 2 saturated heterocycles. The van der Waals surface area contributed by atoms with Gasteiger partial charge in [0.1, 0.15) is 5.75 Å². The fraction of sp³-hybridized carbons (Fsp3) is 0.652. The van der Waals surface area contributed by atoms with Crippen LogP contribution in [0.1, 0.15) is 52.4 Å². The number of carbonyl (C=O) groups is 1. The van der Waals surface area contributed by atoms with Gasteiger partial charge in [0.05, 0.1) is 19.3 Å². The van der Waals surface area contributed by atoms with Crippen LogP contribution in [0.25, 0.3) is 0 Å². The molecule has 2 fully saturated rings. The van der Waals surface area contributed by atoms with Gasteiger partial charge in [0, 0.05) is 30.4 Å². The minimum atomic E-state index is -0.580. The Morgan fingerprint density at radius 2 is 2.14 bits per heavy atom. The minimum Gasteiger partial charge on any atom is -0.494 e. The standard InChI is InChI=1S/C23H35N3O3/c1-3-6-19(24)15-21-17-29-23(16-27)26(21)20-8-10-22(11-9-20)28-14-5-13-25-12-4-7-18(25)2/h8-11,16,18,21,23-24H,3-7,12-15,17H2,1-2H3. The Hall–Kier alpha value is -1.92. The highest BCUT2D eigenvalue weighted by Gasteiger charge is 2.34. The highest BCUT2D eigenvalue weighted by Crippen LogP contribution is 2.29. The summed E-state index contributed by atoms with van der Waals surface area (Å²) in [7, 11) is 0. The predicted octanol–water partition coefficient (Wildman–Crippen LogP) is 3.88. The average molecular weight is 402 g/mol. The maximum absolute atomic E-state index is 11.5. The molecule has 3 rings (SSSR count). The molecule has 2 aliphatic heterocycles. The predicted molar refractivity (Wildman–Crippen MR) is 116 cm³/mol. The van der Waals surface area contributed by atoms with Crippen molar-refractivity contribution in [2.75, 3.05) is 31.2 Å². The molecule has 2 aliphatic rings. The molecule has 1 aromatic rings. The summed E-state index contributed by atoms with van der Waals surface area (Å²) < 4.78 is 11.6. The Labute approximate surface area is 174 Å². The quantitative estimate of drug-likeness (QED) is 0.346. The van der Waals surface area contributed by atoms with Gasteiger partial charge in [-0.15, -0.1) is 0 Å². The Bertz CT molecular complexity index is 664. The lowest BCUT2D eigenvalue weighted by Gasteiger charge is -2.28. The number of benzene rings is 1. The van der Waals surface area contributed by atoms with Gasteiger partial charge in [-0.05, 0) is 63.4 Å². The van der Waals surface area contributed by atoms with Gasteiger partial charge < -0.3 is 24.7 Å². The molecule has 1 N–H and O–H groups in total. The normalized spacial score (nSPS) is 24.8. The maximum atomic E-state index is 11.5. The lowest BCUT2D eigenvalue weighted by atomic mass is 10.1. The molecule has 0 saturated carbocycles. The molecule has 0 spiro atoms. The Morgan fingerprint density at radius 1 is 1.34 bits per heavy atom. The van der Waals surface area contributed by atoms with Gasteiger partial charge in [0.25, 0.3) is 0 Å².